The SMILES string of the molecule is CC(C)c1cc2c(o1)CCC(C)(C)/C2=N/O. The molecule has 0 aliphatic heterocycles. The molecule has 1 N–H and O–H groups in total. The predicted octanol–water partition coefficient (Wildman–Crippen LogP) is 3.55. The normalized spacial score (nSPS) is 21.4. The van der Waals surface area contributed by atoms with Crippen molar-refractivity contribution in [3.05, 3.63) is 23.2 Å². The molecule has 3 nitrogen and oxygen atoms in total. The van der Waals surface area contributed by atoms with Crippen molar-refractivity contribution in [2.75, 3.05) is 0 Å². The fraction of sp³-hybridized carbons (Fsp3) is 0.615. The second-order valence-electron chi connectivity index (χ2n) is 5.47. The lowest BCUT2D eigenvalue weighted by Gasteiger charge is -2.29. The molecule has 1 heterocycles. The zero-order valence-corrected chi connectivity index (χ0v) is 10.4. The topological polar surface area (TPSA) is 45.7 Å². The maximum atomic E-state index is 9.17. The van der Waals surface area contributed by atoms with Crippen molar-refractivity contribution in [2.45, 2.75) is 46.5 Å². The van der Waals surface area contributed by atoms with E-state index in [0.717, 1.165) is 35.6 Å². The quantitative estimate of drug-likeness (QED) is 0.582. The maximum Gasteiger partial charge on any atom is 0.113 e. The Bertz CT molecular complexity index is 427. The summed E-state index contributed by atoms with van der Waals surface area (Å²) in [5, 5.41) is 12.6. The van der Waals surface area contributed by atoms with Gasteiger partial charge >= 0.3 is 0 Å². The van der Waals surface area contributed by atoms with E-state index in [9.17, 15) is 0 Å². The highest BCUT2D eigenvalue weighted by Gasteiger charge is 2.35. The fourth-order valence-corrected chi connectivity index (χ4v) is 2.22. The summed E-state index contributed by atoms with van der Waals surface area (Å²) in [7, 11) is 0. The number of aryl methyl sites for hydroxylation is 1. The molecule has 1 aromatic rings. The smallest absolute Gasteiger partial charge is 0.113 e. The molecule has 0 fully saturated rings. The van der Waals surface area contributed by atoms with Gasteiger partial charge in [-0.3, -0.25) is 0 Å². The number of hydrogen-bond donors (Lipinski definition) is 1. The zero-order valence-electron chi connectivity index (χ0n) is 10.4. The standard InChI is InChI=1S/C13H19NO2/c1-8(2)11-7-9-10(16-11)5-6-13(3,4)12(9)14-15/h7-8,15H,5-6H2,1-4H3/b14-12+. The first-order valence-electron chi connectivity index (χ1n) is 5.81. The van der Waals surface area contributed by atoms with Crippen LogP contribution in [0.25, 0.3) is 0 Å². The fourth-order valence-electron chi connectivity index (χ4n) is 2.22. The second kappa shape index (κ2) is 3.65. The van der Waals surface area contributed by atoms with E-state index >= 15 is 0 Å². The van der Waals surface area contributed by atoms with Gasteiger partial charge in [-0.25, -0.2) is 0 Å². The Hall–Kier alpha value is -1.25. The highest BCUT2D eigenvalue weighted by atomic mass is 16.4. The van der Waals surface area contributed by atoms with Gasteiger partial charge in [0.25, 0.3) is 0 Å². The van der Waals surface area contributed by atoms with E-state index in [0.29, 0.717) is 5.92 Å². The van der Waals surface area contributed by atoms with Gasteiger partial charge in [0.15, 0.2) is 0 Å². The van der Waals surface area contributed by atoms with Crippen LogP contribution in [0.4, 0.5) is 0 Å². The Labute approximate surface area is 96.1 Å². The summed E-state index contributed by atoms with van der Waals surface area (Å²) < 4.78 is 5.80. The minimum Gasteiger partial charge on any atom is -0.465 e. The van der Waals surface area contributed by atoms with Gasteiger partial charge < -0.3 is 9.62 Å². The largest absolute Gasteiger partial charge is 0.465 e. The van der Waals surface area contributed by atoms with Crippen LogP contribution in [0.5, 0.6) is 0 Å². The Balaban J connectivity index is 2.50. The van der Waals surface area contributed by atoms with Gasteiger partial charge in [0.05, 0.1) is 5.71 Å². The van der Waals surface area contributed by atoms with Crippen molar-refractivity contribution in [2.24, 2.45) is 10.6 Å². The summed E-state index contributed by atoms with van der Waals surface area (Å²) in [6.45, 7) is 8.41. The van der Waals surface area contributed by atoms with Crippen molar-refractivity contribution in [3.8, 4) is 0 Å². The molecule has 1 aliphatic rings. The lowest BCUT2D eigenvalue weighted by atomic mass is 9.75. The van der Waals surface area contributed by atoms with Crippen molar-refractivity contribution < 1.29 is 9.62 Å². The van der Waals surface area contributed by atoms with Crippen LogP contribution in [-0.4, -0.2) is 10.9 Å². The van der Waals surface area contributed by atoms with Gasteiger partial charge in [-0.15, -0.1) is 0 Å². The van der Waals surface area contributed by atoms with Gasteiger partial charge in [-0.05, 0) is 12.5 Å². The maximum absolute atomic E-state index is 9.17. The predicted molar refractivity (Wildman–Crippen MR) is 63.2 cm³/mol. The lowest BCUT2D eigenvalue weighted by Crippen LogP contribution is -2.30. The van der Waals surface area contributed by atoms with E-state index in [1.54, 1.807) is 0 Å². The minimum atomic E-state index is -0.0696. The average molecular weight is 221 g/mol. The molecule has 0 unspecified atom stereocenters. The van der Waals surface area contributed by atoms with Crippen LogP contribution in [-0.2, 0) is 6.42 Å². The molecule has 0 radical (unpaired) electrons. The Morgan fingerprint density at radius 2 is 2.12 bits per heavy atom. The molecule has 0 saturated heterocycles. The van der Waals surface area contributed by atoms with Crippen molar-refractivity contribution >= 4 is 5.71 Å². The molecule has 0 aromatic carbocycles. The molecule has 2 rings (SSSR count). The minimum absolute atomic E-state index is 0.0696. The van der Waals surface area contributed by atoms with E-state index in [2.05, 4.69) is 32.9 Å². The van der Waals surface area contributed by atoms with Crippen molar-refractivity contribution in [1.82, 2.24) is 0 Å². The molecule has 0 amide bonds. The van der Waals surface area contributed by atoms with Crippen molar-refractivity contribution in [1.29, 1.82) is 0 Å². The average Bonchev–Trinajstić information content (AvgIpc) is 2.60. The third kappa shape index (κ3) is 1.64. The first kappa shape index (κ1) is 11.2. The van der Waals surface area contributed by atoms with Crippen LogP contribution >= 0.6 is 0 Å². The number of fused-ring (bicyclic) bond motifs is 1. The zero-order chi connectivity index (χ0) is 11.9. The van der Waals surface area contributed by atoms with Gasteiger partial charge in [0.1, 0.15) is 11.5 Å². The molecule has 0 saturated carbocycles. The monoisotopic (exact) mass is 221 g/mol. The molecule has 88 valence electrons. The molecule has 16 heavy (non-hydrogen) atoms. The van der Waals surface area contributed by atoms with Crippen LogP contribution in [0.15, 0.2) is 15.6 Å². The number of rotatable bonds is 1. The molecule has 0 bridgehead atoms. The van der Waals surface area contributed by atoms with E-state index in [4.69, 9.17) is 9.62 Å². The van der Waals surface area contributed by atoms with Gasteiger partial charge in [-0.1, -0.05) is 32.9 Å². The molecule has 3 heteroatoms. The van der Waals surface area contributed by atoms with E-state index in [1.807, 2.05) is 6.07 Å². The summed E-state index contributed by atoms with van der Waals surface area (Å²) in [5.41, 5.74) is 1.67. The van der Waals surface area contributed by atoms with Crippen LogP contribution < -0.4 is 0 Å². The van der Waals surface area contributed by atoms with Crippen LogP contribution in [0, 0.1) is 5.41 Å². The Kier molecular flexibility index (Phi) is 2.56. The number of nitrogens with zero attached hydrogens (tertiary/aromatic N) is 1. The van der Waals surface area contributed by atoms with Crippen LogP contribution in [0.3, 0.4) is 0 Å². The van der Waals surface area contributed by atoms with E-state index < -0.39 is 0 Å². The summed E-state index contributed by atoms with van der Waals surface area (Å²) in [4.78, 5) is 0. The summed E-state index contributed by atoms with van der Waals surface area (Å²) in [5.74, 6) is 2.31. The van der Waals surface area contributed by atoms with E-state index in [1.165, 1.54) is 0 Å². The number of furan rings is 1. The molecular weight excluding hydrogens is 202 g/mol. The third-order valence-electron chi connectivity index (χ3n) is 3.37. The van der Waals surface area contributed by atoms with Gasteiger partial charge in [0.2, 0.25) is 0 Å². The first-order chi connectivity index (χ1) is 7.45. The highest BCUT2D eigenvalue weighted by Crippen LogP contribution is 2.37. The molecule has 1 aliphatic carbocycles. The van der Waals surface area contributed by atoms with Crippen LogP contribution in [0.1, 0.15) is 57.1 Å². The van der Waals surface area contributed by atoms with Gasteiger partial charge in [-0.2, -0.15) is 0 Å². The molecule has 0 spiro atoms. The summed E-state index contributed by atoms with van der Waals surface area (Å²) in [6, 6.07) is 2.02. The number of hydrogen-bond acceptors (Lipinski definition) is 3. The summed E-state index contributed by atoms with van der Waals surface area (Å²) in [6.07, 6.45) is 1.89. The van der Waals surface area contributed by atoms with Gasteiger partial charge in [0, 0.05) is 23.3 Å². The Morgan fingerprint density at radius 1 is 1.44 bits per heavy atom. The molecule has 0 atom stereocenters. The lowest BCUT2D eigenvalue weighted by molar-refractivity contribution is 0.303. The molecular formula is C13H19NO2. The third-order valence-corrected chi connectivity index (χ3v) is 3.37. The van der Waals surface area contributed by atoms with Crippen molar-refractivity contribution in [3.63, 3.8) is 0 Å². The Morgan fingerprint density at radius 3 is 2.69 bits per heavy atom. The summed E-state index contributed by atoms with van der Waals surface area (Å²) >= 11 is 0. The molecule has 1 aromatic heterocycles. The van der Waals surface area contributed by atoms with E-state index in [-0.39, 0.29) is 5.41 Å². The first-order valence-corrected chi connectivity index (χ1v) is 5.81. The highest BCUT2D eigenvalue weighted by molar-refractivity contribution is 6.05. The second-order valence-corrected chi connectivity index (χ2v) is 5.47. The van der Waals surface area contributed by atoms with Crippen LogP contribution in [0.2, 0.25) is 0 Å². The number of oxime groups is 1.